The number of ether oxygens (including phenoxy) is 3. The Morgan fingerprint density at radius 3 is 2.75 bits per heavy atom. The Bertz CT molecular complexity index is 887. The van der Waals surface area contributed by atoms with E-state index in [1.54, 1.807) is 18.2 Å². The third-order valence-corrected chi connectivity index (χ3v) is 5.13. The third-order valence-electron chi connectivity index (χ3n) is 3.65. The van der Waals surface area contributed by atoms with Crippen LogP contribution < -0.4 is 14.2 Å². The first-order valence-corrected chi connectivity index (χ1v) is 8.53. The van der Waals surface area contributed by atoms with Crippen molar-refractivity contribution in [2.75, 3.05) is 13.9 Å². The van der Waals surface area contributed by atoms with E-state index in [0.717, 1.165) is 5.56 Å². The van der Waals surface area contributed by atoms with E-state index in [4.69, 9.17) is 9.47 Å². The number of hydrogen-bond acceptors (Lipinski definition) is 6. The Balaban J connectivity index is 1.77. The first-order chi connectivity index (χ1) is 11.4. The normalized spacial score (nSPS) is 13.1. The SMILES string of the molecule is COC(=O)c1ccc(S(=O)(=O)NCc2ccc3c(c2)OCO3)n1C. The second kappa shape index (κ2) is 6.17. The van der Waals surface area contributed by atoms with Gasteiger partial charge in [0, 0.05) is 13.6 Å². The Morgan fingerprint density at radius 2 is 2.00 bits per heavy atom. The minimum absolute atomic E-state index is 0.0244. The fourth-order valence-electron chi connectivity index (χ4n) is 2.38. The second-order valence-corrected chi connectivity index (χ2v) is 6.83. The van der Waals surface area contributed by atoms with Crippen LogP contribution in [0.4, 0.5) is 0 Å². The van der Waals surface area contributed by atoms with Crippen molar-refractivity contribution in [2.24, 2.45) is 7.05 Å². The van der Waals surface area contributed by atoms with Gasteiger partial charge >= 0.3 is 5.97 Å². The molecule has 0 fully saturated rings. The lowest BCUT2D eigenvalue weighted by Crippen LogP contribution is -2.25. The number of benzene rings is 1. The topological polar surface area (TPSA) is 95.9 Å². The average molecular weight is 352 g/mol. The molecule has 2 heterocycles. The van der Waals surface area contributed by atoms with E-state index in [0.29, 0.717) is 11.5 Å². The fraction of sp³-hybridized carbons (Fsp3) is 0.267. The molecule has 2 aromatic rings. The molecule has 0 bridgehead atoms. The highest BCUT2D eigenvalue weighted by Gasteiger charge is 2.22. The summed E-state index contributed by atoms with van der Waals surface area (Å²) >= 11 is 0. The number of carbonyl (C=O) groups is 1. The maximum atomic E-state index is 12.4. The first kappa shape index (κ1) is 16.3. The first-order valence-electron chi connectivity index (χ1n) is 7.04. The summed E-state index contributed by atoms with van der Waals surface area (Å²) in [5, 5.41) is -0.0244. The van der Waals surface area contributed by atoms with E-state index in [2.05, 4.69) is 9.46 Å². The van der Waals surface area contributed by atoms with Crippen LogP contribution in [0.3, 0.4) is 0 Å². The van der Waals surface area contributed by atoms with Crippen LogP contribution in [-0.4, -0.2) is 32.9 Å². The van der Waals surface area contributed by atoms with Gasteiger partial charge in [-0.1, -0.05) is 6.07 Å². The molecule has 1 aromatic heterocycles. The summed E-state index contributed by atoms with van der Waals surface area (Å²) < 4.78 is 43.7. The molecule has 1 aromatic carbocycles. The van der Waals surface area contributed by atoms with Crippen molar-refractivity contribution in [1.29, 1.82) is 0 Å². The van der Waals surface area contributed by atoms with Gasteiger partial charge in [-0.15, -0.1) is 0 Å². The van der Waals surface area contributed by atoms with Crippen LogP contribution in [0.5, 0.6) is 11.5 Å². The van der Waals surface area contributed by atoms with Crippen LogP contribution in [0, 0.1) is 0 Å². The molecule has 0 radical (unpaired) electrons. The van der Waals surface area contributed by atoms with Gasteiger partial charge in [-0.3, -0.25) is 0 Å². The second-order valence-electron chi connectivity index (χ2n) is 5.12. The summed E-state index contributed by atoms with van der Waals surface area (Å²) in [5.41, 5.74) is 0.881. The van der Waals surface area contributed by atoms with E-state index in [1.807, 2.05) is 0 Å². The van der Waals surface area contributed by atoms with Crippen LogP contribution in [0.1, 0.15) is 16.1 Å². The molecule has 24 heavy (non-hydrogen) atoms. The minimum Gasteiger partial charge on any atom is -0.464 e. The van der Waals surface area contributed by atoms with Gasteiger partial charge in [0.05, 0.1) is 7.11 Å². The molecule has 0 amide bonds. The standard InChI is InChI=1S/C15H16N2O6S/c1-17-11(15(18)21-2)4-6-14(17)24(19,20)16-8-10-3-5-12-13(7-10)23-9-22-12/h3-7,16H,8-9H2,1-2H3. The monoisotopic (exact) mass is 352 g/mol. The number of methoxy groups -OCH3 is 1. The zero-order valence-electron chi connectivity index (χ0n) is 13.1. The number of hydrogen-bond donors (Lipinski definition) is 1. The molecule has 0 aliphatic carbocycles. The van der Waals surface area contributed by atoms with E-state index < -0.39 is 16.0 Å². The average Bonchev–Trinajstić information content (AvgIpc) is 3.18. The van der Waals surface area contributed by atoms with Gasteiger partial charge in [-0.25, -0.2) is 17.9 Å². The van der Waals surface area contributed by atoms with Crippen LogP contribution in [0.15, 0.2) is 35.4 Å². The summed E-state index contributed by atoms with van der Waals surface area (Å²) in [7, 11) is -1.07. The maximum absolute atomic E-state index is 12.4. The number of esters is 1. The Hall–Kier alpha value is -2.52. The lowest BCUT2D eigenvalue weighted by Gasteiger charge is -2.09. The van der Waals surface area contributed by atoms with Crippen molar-refractivity contribution in [3.63, 3.8) is 0 Å². The molecule has 0 saturated carbocycles. The predicted molar refractivity (Wildman–Crippen MR) is 83.3 cm³/mol. The van der Waals surface area contributed by atoms with Crippen LogP contribution in [0.2, 0.25) is 0 Å². The molecule has 128 valence electrons. The highest BCUT2D eigenvalue weighted by molar-refractivity contribution is 7.89. The van der Waals surface area contributed by atoms with Crippen LogP contribution in [0.25, 0.3) is 0 Å². The zero-order chi connectivity index (χ0) is 17.3. The number of sulfonamides is 1. The Labute approximate surface area is 139 Å². The Morgan fingerprint density at radius 1 is 1.25 bits per heavy atom. The van der Waals surface area contributed by atoms with Gasteiger partial charge in [0.2, 0.25) is 6.79 Å². The third kappa shape index (κ3) is 2.95. The van der Waals surface area contributed by atoms with Crippen molar-refractivity contribution in [3.05, 3.63) is 41.6 Å². The molecule has 1 aliphatic heterocycles. The van der Waals surface area contributed by atoms with E-state index in [9.17, 15) is 13.2 Å². The van der Waals surface area contributed by atoms with Crippen LogP contribution in [-0.2, 0) is 28.4 Å². The molecule has 1 aliphatic rings. The van der Waals surface area contributed by atoms with Gasteiger partial charge in [0.25, 0.3) is 10.0 Å². The van der Waals surface area contributed by atoms with Gasteiger partial charge in [-0.2, -0.15) is 0 Å². The lowest BCUT2D eigenvalue weighted by atomic mass is 10.2. The van der Waals surface area contributed by atoms with Gasteiger partial charge in [-0.05, 0) is 29.8 Å². The van der Waals surface area contributed by atoms with E-state index >= 15 is 0 Å². The van der Waals surface area contributed by atoms with E-state index in [-0.39, 0.29) is 24.1 Å². The summed E-state index contributed by atoms with van der Waals surface area (Å²) in [6.07, 6.45) is 0. The summed E-state index contributed by atoms with van der Waals surface area (Å²) in [6.45, 7) is 0.238. The molecule has 0 unspecified atom stereocenters. The van der Waals surface area contributed by atoms with Gasteiger partial charge in [0.1, 0.15) is 5.69 Å². The van der Waals surface area contributed by atoms with Crippen molar-refractivity contribution in [3.8, 4) is 11.5 Å². The van der Waals surface area contributed by atoms with E-state index in [1.165, 1.54) is 30.9 Å². The highest BCUT2D eigenvalue weighted by atomic mass is 32.2. The smallest absolute Gasteiger partial charge is 0.354 e. The molecular formula is C15H16N2O6S. The van der Waals surface area contributed by atoms with Gasteiger partial charge in [0.15, 0.2) is 16.5 Å². The van der Waals surface area contributed by atoms with Crippen molar-refractivity contribution in [2.45, 2.75) is 11.6 Å². The Kier molecular flexibility index (Phi) is 4.20. The summed E-state index contributed by atoms with van der Waals surface area (Å²) in [4.78, 5) is 11.6. The van der Waals surface area contributed by atoms with Crippen molar-refractivity contribution < 1.29 is 27.4 Å². The molecule has 9 heteroatoms. The number of aromatic nitrogens is 1. The number of rotatable bonds is 5. The van der Waals surface area contributed by atoms with Crippen LogP contribution >= 0.6 is 0 Å². The maximum Gasteiger partial charge on any atom is 0.354 e. The molecular weight excluding hydrogens is 336 g/mol. The molecule has 0 saturated heterocycles. The quantitative estimate of drug-likeness (QED) is 0.807. The molecule has 3 rings (SSSR count). The molecule has 1 N–H and O–H groups in total. The molecule has 8 nitrogen and oxygen atoms in total. The fourth-order valence-corrected chi connectivity index (χ4v) is 3.59. The molecule has 0 spiro atoms. The summed E-state index contributed by atoms with van der Waals surface area (Å²) in [6, 6.07) is 7.95. The highest BCUT2D eigenvalue weighted by Crippen LogP contribution is 2.32. The predicted octanol–water partition coefficient (Wildman–Crippen LogP) is 1.02. The van der Waals surface area contributed by atoms with Crippen molar-refractivity contribution in [1.82, 2.24) is 9.29 Å². The molecule has 0 atom stereocenters. The zero-order valence-corrected chi connectivity index (χ0v) is 13.9. The van der Waals surface area contributed by atoms with Gasteiger partial charge < -0.3 is 18.8 Å². The number of fused-ring (bicyclic) bond motifs is 1. The van der Waals surface area contributed by atoms with Crippen molar-refractivity contribution >= 4 is 16.0 Å². The number of nitrogens with one attached hydrogen (secondary N) is 1. The largest absolute Gasteiger partial charge is 0.464 e. The summed E-state index contributed by atoms with van der Waals surface area (Å²) in [5.74, 6) is 0.611. The number of nitrogens with zero attached hydrogens (tertiary/aromatic N) is 1. The minimum atomic E-state index is -3.79. The lowest BCUT2D eigenvalue weighted by molar-refractivity contribution is 0.0589. The number of carbonyl (C=O) groups excluding carboxylic acids is 1.